The molecular formula is C26H38O6Si. The monoisotopic (exact) mass is 474 g/mol. The zero-order chi connectivity index (χ0) is 25.1. The van der Waals surface area contributed by atoms with Crippen LogP contribution in [0.15, 0.2) is 43.0 Å². The van der Waals surface area contributed by atoms with Gasteiger partial charge in [0, 0.05) is 6.42 Å². The van der Waals surface area contributed by atoms with Crippen molar-refractivity contribution in [1.82, 2.24) is 0 Å². The van der Waals surface area contributed by atoms with Gasteiger partial charge in [-0.2, -0.15) is 0 Å². The smallest absolute Gasteiger partial charge is 0.340 e. The molecule has 0 aliphatic heterocycles. The first-order valence-corrected chi connectivity index (χ1v) is 14.1. The molecule has 7 heteroatoms. The highest BCUT2D eigenvalue weighted by atomic mass is 28.4. The van der Waals surface area contributed by atoms with Gasteiger partial charge in [0.2, 0.25) is 6.79 Å². The molecule has 0 radical (unpaired) electrons. The largest absolute Gasteiger partial charge is 0.428 e. The second-order valence-corrected chi connectivity index (χ2v) is 14.2. The lowest BCUT2D eigenvalue weighted by Gasteiger charge is -2.41. The fourth-order valence-corrected chi connectivity index (χ4v) is 4.07. The maximum atomic E-state index is 12.1. The summed E-state index contributed by atoms with van der Waals surface area (Å²) in [5.41, 5.74) is 0.388. The van der Waals surface area contributed by atoms with Crippen molar-refractivity contribution in [2.24, 2.45) is 5.92 Å². The Bertz CT molecular complexity index is 806. The third-order valence-electron chi connectivity index (χ3n) is 5.83. The van der Waals surface area contributed by atoms with E-state index in [4.69, 9.17) is 25.1 Å². The number of hydrogen-bond donors (Lipinski definition) is 0. The summed E-state index contributed by atoms with van der Waals surface area (Å²) in [6.07, 6.45) is 7.09. The van der Waals surface area contributed by atoms with Crippen molar-refractivity contribution in [1.29, 1.82) is 0 Å². The first-order chi connectivity index (χ1) is 15.4. The Morgan fingerprint density at radius 3 is 2.36 bits per heavy atom. The van der Waals surface area contributed by atoms with E-state index in [0.717, 1.165) is 0 Å². The van der Waals surface area contributed by atoms with Crippen LogP contribution in [0.2, 0.25) is 18.1 Å². The van der Waals surface area contributed by atoms with Gasteiger partial charge in [0.1, 0.15) is 0 Å². The Labute approximate surface area is 199 Å². The second kappa shape index (κ2) is 13.3. The van der Waals surface area contributed by atoms with Gasteiger partial charge in [0.05, 0.1) is 30.8 Å². The number of benzene rings is 1. The van der Waals surface area contributed by atoms with E-state index in [1.807, 2.05) is 6.92 Å². The van der Waals surface area contributed by atoms with Gasteiger partial charge in [0.25, 0.3) is 0 Å². The maximum absolute atomic E-state index is 12.1. The molecule has 1 rings (SSSR count). The molecule has 3 atom stereocenters. The molecule has 0 unspecified atom stereocenters. The first kappa shape index (κ1) is 28.6. The summed E-state index contributed by atoms with van der Waals surface area (Å²) < 4.78 is 22.5. The van der Waals surface area contributed by atoms with Gasteiger partial charge < -0.3 is 18.6 Å². The SMILES string of the molecule is C#CC[C@@H](C)[C@H](OCCC(=O)OCOC(=O)c1ccccc1)[C@@H](C=C)O[Si](C)(C)C(C)(C)C. The minimum Gasteiger partial charge on any atom is -0.428 e. The average molecular weight is 475 g/mol. The van der Waals surface area contributed by atoms with Crippen LogP contribution in [0.1, 0.15) is 50.9 Å². The van der Waals surface area contributed by atoms with Crippen molar-refractivity contribution < 1.29 is 28.2 Å². The van der Waals surface area contributed by atoms with E-state index in [1.54, 1.807) is 36.4 Å². The van der Waals surface area contributed by atoms with E-state index >= 15 is 0 Å². The number of hydrogen-bond acceptors (Lipinski definition) is 6. The quantitative estimate of drug-likeness (QED) is 0.126. The summed E-state index contributed by atoms with van der Waals surface area (Å²) in [7, 11) is -2.08. The van der Waals surface area contributed by atoms with Crippen molar-refractivity contribution >= 4 is 20.3 Å². The molecular weight excluding hydrogens is 436 g/mol. The minimum atomic E-state index is -2.08. The zero-order valence-electron chi connectivity index (χ0n) is 20.8. The fourth-order valence-electron chi connectivity index (χ4n) is 2.81. The van der Waals surface area contributed by atoms with Gasteiger partial charge in [-0.05, 0) is 36.2 Å². The van der Waals surface area contributed by atoms with Crippen LogP contribution in [0.5, 0.6) is 0 Å². The predicted molar refractivity (Wildman–Crippen MR) is 132 cm³/mol. The summed E-state index contributed by atoms with van der Waals surface area (Å²) in [6, 6.07) is 8.49. The molecule has 33 heavy (non-hydrogen) atoms. The van der Waals surface area contributed by atoms with Crippen molar-refractivity contribution in [3.63, 3.8) is 0 Å². The molecule has 0 spiro atoms. The first-order valence-electron chi connectivity index (χ1n) is 11.2. The van der Waals surface area contributed by atoms with Crippen molar-refractivity contribution in [3.05, 3.63) is 48.6 Å². The minimum absolute atomic E-state index is 0.00520. The van der Waals surface area contributed by atoms with E-state index in [0.29, 0.717) is 12.0 Å². The number of esters is 2. The van der Waals surface area contributed by atoms with Crippen LogP contribution < -0.4 is 0 Å². The molecule has 182 valence electrons. The highest BCUT2D eigenvalue weighted by molar-refractivity contribution is 6.74. The Hall–Kier alpha value is -2.40. The number of rotatable bonds is 13. The molecule has 0 aliphatic carbocycles. The average Bonchev–Trinajstić information content (AvgIpc) is 2.75. The van der Waals surface area contributed by atoms with Crippen LogP contribution in [-0.4, -0.2) is 45.9 Å². The van der Waals surface area contributed by atoms with Crippen LogP contribution in [0.4, 0.5) is 0 Å². The van der Waals surface area contributed by atoms with Gasteiger partial charge in [-0.1, -0.05) is 52.0 Å². The second-order valence-electron chi connectivity index (χ2n) is 9.48. The molecule has 0 aliphatic rings. The third-order valence-corrected chi connectivity index (χ3v) is 10.3. The van der Waals surface area contributed by atoms with Crippen molar-refractivity contribution in [2.75, 3.05) is 13.4 Å². The standard InChI is InChI=1S/C26H38O6Si/c1-9-14-20(3)24(22(10-2)32-33(7,8)26(4,5)6)29-18-17-23(27)30-19-31-25(28)21-15-12-11-13-16-21/h1,10-13,15-16,20,22,24H,2,14,17-19H2,3-8H3/t20-,22-,24+/m1/s1. The Morgan fingerprint density at radius 1 is 1.18 bits per heavy atom. The normalized spacial score (nSPS) is 14.5. The molecule has 1 aromatic carbocycles. The lowest BCUT2D eigenvalue weighted by molar-refractivity contribution is -0.154. The van der Waals surface area contributed by atoms with Gasteiger partial charge in [-0.25, -0.2) is 4.79 Å². The highest BCUT2D eigenvalue weighted by Gasteiger charge is 2.41. The van der Waals surface area contributed by atoms with Crippen LogP contribution in [-0.2, 0) is 23.4 Å². The molecule has 0 saturated heterocycles. The molecule has 6 nitrogen and oxygen atoms in total. The molecule has 0 bridgehead atoms. The molecule has 0 saturated carbocycles. The summed E-state index contributed by atoms with van der Waals surface area (Å²) in [4.78, 5) is 24.0. The van der Waals surface area contributed by atoms with Crippen molar-refractivity contribution in [3.8, 4) is 12.3 Å². The van der Waals surface area contributed by atoms with Crippen LogP contribution in [0, 0.1) is 18.3 Å². The molecule has 0 amide bonds. The van der Waals surface area contributed by atoms with Gasteiger partial charge >= 0.3 is 11.9 Å². The lowest BCUT2D eigenvalue weighted by atomic mass is 9.96. The number of carbonyl (C=O) groups excluding carboxylic acids is 2. The molecule has 0 aromatic heterocycles. The van der Waals surface area contributed by atoms with Crippen LogP contribution >= 0.6 is 0 Å². The summed E-state index contributed by atoms with van der Waals surface area (Å²) in [5.74, 6) is 1.59. The van der Waals surface area contributed by atoms with Gasteiger partial charge in [-0.3, -0.25) is 4.79 Å². The van der Waals surface area contributed by atoms with Gasteiger partial charge in [-0.15, -0.1) is 18.9 Å². The van der Waals surface area contributed by atoms with E-state index in [2.05, 4.69) is 46.4 Å². The van der Waals surface area contributed by atoms with Crippen LogP contribution in [0.25, 0.3) is 0 Å². The zero-order valence-corrected chi connectivity index (χ0v) is 21.8. The maximum Gasteiger partial charge on any atom is 0.340 e. The lowest BCUT2D eigenvalue weighted by Crippen LogP contribution is -2.48. The van der Waals surface area contributed by atoms with Crippen molar-refractivity contribution in [2.45, 2.75) is 70.9 Å². The molecule has 0 heterocycles. The Kier molecular flexibility index (Phi) is 11.6. The highest BCUT2D eigenvalue weighted by Crippen LogP contribution is 2.38. The number of ether oxygens (including phenoxy) is 3. The summed E-state index contributed by atoms with van der Waals surface area (Å²) in [5, 5.41) is 0.0230. The Morgan fingerprint density at radius 2 is 1.82 bits per heavy atom. The summed E-state index contributed by atoms with van der Waals surface area (Å²) in [6.45, 7) is 16.4. The Balaban J connectivity index is 2.61. The van der Waals surface area contributed by atoms with E-state index in [9.17, 15) is 9.59 Å². The molecule has 0 fully saturated rings. The van der Waals surface area contributed by atoms with E-state index in [-0.39, 0.29) is 36.2 Å². The summed E-state index contributed by atoms with van der Waals surface area (Å²) >= 11 is 0. The number of carbonyl (C=O) groups is 2. The topological polar surface area (TPSA) is 71.1 Å². The number of terminal acetylenes is 1. The van der Waals surface area contributed by atoms with Crippen LogP contribution in [0.3, 0.4) is 0 Å². The fraction of sp³-hybridized carbons (Fsp3) is 0.538. The van der Waals surface area contributed by atoms with E-state index in [1.165, 1.54) is 0 Å². The molecule has 0 N–H and O–H groups in total. The van der Waals surface area contributed by atoms with E-state index < -0.39 is 27.0 Å². The third kappa shape index (κ3) is 9.54. The predicted octanol–water partition coefficient (Wildman–Crippen LogP) is 5.36. The molecule has 1 aromatic rings. The van der Waals surface area contributed by atoms with Gasteiger partial charge in [0.15, 0.2) is 8.32 Å².